The first-order chi connectivity index (χ1) is 7.08. The molecule has 0 aromatic carbocycles. The van der Waals surface area contributed by atoms with Crippen molar-refractivity contribution in [2.24, 2.45) is 7.05 Å². The fourth-order valence-corrected chi connectivity index (χ4v) is 2.18. The topological polar surface area (TPSA) is 60.7 Å². The monoisotopic (exact) mass is 222 g/mol. The summed E-state index contributed by atoms with van der Waals surface area (Å²) in [5.74, 6) is -0.105. The van der Waals surface area contributed by atoms with Gasteiger partial charge in [0.15, 0.2) is 5.69 Å². The molecule has 0 aliphatic rings. The Morgan fingerprint density at radius 1 is 1.47 bits per heavy atom. The van der Waals surface area contributed by atoms with Gasteiger partial charge in [0.25, 0.3) is 0 Å². The average molecular weight is 222 g/mol. The summed E-state index contributed by atoms with van der Waals surface area (Å²) in [7, 11) is 1.68. The van der Waals surface area contributed by atoms with Crippen LogP contribution in [0.25, 0.3) is 0 Å². The summed E-state index contributed by atoms with van der Waals surface area (Å²) >= 11 is 1.39. The molecular weight excluding hydrogens is 212 g/mol. The normalized spacial score (nSPS) is 10.6. The van der Waals surface area contributed by atoms with E-state index in [1.54, 1.807) is 7.05 Å². The predicted octanol–water partition coefficient (Wildman–Crippen LogP) is 1.12. The maximum atomic E-state index is 11.9. The van der Waals surface area contributed by atoms with E-state index in [4.69, 9.17) is 0 Å². The lowest BCUT2D eigenvalue weighted by atomic mass is 10.2. The van der Waals surface area contributed by atoms with E-state index in [0.717, 1.165) is 10.7 Å². The Kier molecular flexibility index (Phi) is 2.36. The van der Waals surface area contributed by atoms with Crippen LogP contribution in [-0.2, 0) is 7.05 Å². The van der Waals surface area contributed by atoms with Crippen LogP contribution in [0.2, 0.25) is 0 Å². The molecule has 0 amide bonds. The van der Waals surface area contributed by atoms with Crippen molar-refractivity contribution < 1.29 is 4.79 Å². The highest BCUT2D eigenvalue weighted by atomic mass is 32.1. The molecular formula is C9H10N4OS. The Balaban J connectivity index is 2.40. The van der Waals surface area contributed by atoms with Crippen molar-refractivity contribution in [2.75, 3.05) is 0 Å². The molecule has 0 aliphatic heterocycles. The van der Waals surface area contributed by atoms with E-state index in [2.05, 4.69) is 15.2 Å². The van der Waals surface area contributed by atoms with Gasteiger partial charge in [0.1, 0.15) is 0 Å². The lowest BCUT2D eigenvalue weighted by Gasteiger charge is -1.92. The van der Waals surface area contributed by atoms with Gasteiger partial charge >= 0.3 is 0 Å². The highest BCUT2D eigenvalue weighted by molar-refractivity contribution is 7.13. The zero-order valence-electron chi connectivity index (χ0n) is 8.68. The molecule has 2 aromatic heterocycles. The van der Waals surface area contributed by atoms with Gasteiger partial charge in [0, 0.05) is 7.05 Å². The van der Waals surface area contributed by atoms with Crippen molar-refractivity contribution in [2.45, 2.75) is 13.8 Å². The lowest BCUT2D eigenvalue weighted by molar-refractivity contribution is 0.103. The molecule has 0 N–H and O–H groups in total. The number of nitrogens with zero attached hydrogens (tertiary/aromatic N) is 4. The molecule has 15 heavy (non-hydrogen) atoms. The Morgan fingerprint density at radius 2 is 2.20 bits per heavy atom. The van der Waals surface area contributed by atoms with Crippen molar-refractivity contribution in [1.29, 1.82) is 0 Å². The van der Waals surface area contributed by atoms with Crippen molar-refractivity contribution in [3.05, 3.63) is 27.5 Å². The molecule has 0 radical (unpaired) electrons. The first kappa shape index (κ1) is 9.97. The van der Waals surface area contributed by atoms with Crippen molar-refractivity contribution in [3.63, 3.8) is 0 Å². The Morgan fingerprint density at radius 3 is 2.67 bits per heavy atom. The van der Waals surface area contributed by atoms with Crippen LogP contribution < -0.4 is 0 Å². The van der Waals surface area contributed by atoms with E-state index in [-0.39, 0.29) is 5.78 Å². The van der Waals surface area contributed by atoms with Crippen LogP contribution >= 0.6 is 11.3 Å². The number of ketones is 1. The second-order valence-corrected chi connectivity index (χ2v) is 4.40. The van der Waals surface area contributed by atoms with Crippen LogP contribution in [0.4, 0.5) is 0 Å². The molecule has 5 nitrogen and oxygen atoms in total. The maximum absolute atomic E-state index is 11.9. The van der Waals surface area contributed by atoms with Gasteiger partial charge < -0.3 is 0 Å². The summed E-state index contributed by atoms with van der Waals surface area (Å²) in [6, 6.07) is 0. The van der Waals surface area contributed by atoms with E-state index >= 15 is 0 Å². The largest absolute Gasteiger partial charge is 0.286 e. The van der Waals surface area contributed by atoms with Gasteiger partial charge in [-0.3, -0.25) is 4.79 Å². The molecule has 2 aromatic rings. The Bertz CT molecular complexity index is 514. The number of thiazole rings is 1. The number of aryl methyl sites for hydroxylation is 3. The van der Waals surface area contributed by atoms with Gasteiger partial charge in [-0.1, -0.05) is 0 Å². The van der Waals surface area contributed by atoms with Gasteiger partial charge in [0.2, 0.25) is 5.78 Å². The number of hydrogen-bond donors (Lipinski definition) is 0. The molecule has 0 bridgehead atoms. The van der Waals surface area contributed by atoms with Crippen LogP contribution in [0.3, 0.4) is 0 Å². The van der Waals surface area contributed by atoms with Gasteiger partial charge in [-0.05, 0) is 13.8 Å². The quantitative estimate of drug-likeness (QED) is 0.714. The smallest absolute Gasteiger partial charge is 0.226 e. The minimum absolute atomic E-state index is 0.105. The summed E-state index contributed by atoms with van der Waals surface area (Å²) in [5.41, 5.74) is 1.12. The third-order valence-corrected chi connectivity index (χ3v) is 3.01. The van der Waals surface area contributed by atoms with E-state index in [1.807, 2.05) is 13.8 Å². The number of hydrogen-bond acceptors (Lipinski definition) is 5. The number of aromatic nitrogens is 4. The SMILES string of the molecule is Cc1nc(C)c(C(=O)c2cnn(C)n2)s1. The van der Waals surface area contributed by atoms with Crippen LogP contribution in [0.5, 0.6) is 0 Å². The second-order valence-electron chi connectivity index (χ2n) is 3.20. The number of carbonyl (C=O) groups is 1. The highest BCUT2D eigenvalue weighted by Crippen LogP contribution is 2.19. The molecule has 0 spiro atoms. The second kappa shape index (κ2) is 3.54. The number of rotatable bonds is 2. The molecule has 0 aliphatic carbocycles. The fraction of sp³-hybridized carbons (Fsp3) is 0.333. The highest BCUT2D eigenvalue weighted by Gasteiger charge is 2.18. The molecule has 6 heteroatoms. The summed E-state index contributed by atoms with van der Waals surface area (Å²) in [6.45, 7) is 3.71. The van der Waals surface area contributed by atoms with Crippen LogP contribution in [0.15, 0.2) is 6.20 Å². The molecule has 0 saturated carbocycles. The molecule has 2 heterocycles. The average Bonchev–Trinajstić information content (AvgIpc) is 2.71. The number of carbonyl (C=O) groups excluding carboxylic acids is 1. The summed E-state index contributed by atoms with van der Waals surface area (Å²) < 4.78 is 0. The fourth-order valence-electron chi connectivity index (χ4n) is 1.31. The van der Waals surface area contributed by atoms with E-state index in [1.165, 1.54) is 22.3 Å². The molecule has 0 unspecified atom stereocenters. The van der Waals surface area contributed by atoms with Crippen LogP contribution in [0.1, 0.15) is 26.1 Å². The maximum Gasteiger partial charge on any atom is 0.226 e. The first-order valence-corrected chi connectivity index (χ1v) is 5.24. The van der Waals surface area contributed by atoms with E-state index < -0.39 is 0 Å². The minimum Gasteiger partial charge on any atom is -0.286 e. The Labute approximate surface area is 90.8 Å². The predicted molar refractivity (Wildman–Crippen MR) is 56.0 cm³/mol. The minimum atomic E-state index is -0.105. The molecule has 0 saturated heterocycles. The molecule has 78 valence electrons. The zero-order chi connectivity index (χ0) is 11.0. The van der Waals surface area contributed by atoms with Crippen LogP contribution in [-0.4, -0.2) is 25.8 Å². The third-order valence-electron chi connectivity index (χ3n) is 1.94. The van der Waals surface area contributed by atoms with Crippen molar-refractivity contribution >= 4 is 17.1 Å². The standard InChI is InChI=1S/C9H10N4OS/c1-5-9(15-6(2)11-5)8(14)7-4-10-13(3)12-7/h4H,1-3H3. The van der Waals surface area contributed by atoms with Gasteiger partial charge in [-0.25, -0.2) is 4.98 Å². The molecule has 0 fully saturated rings. The van der Waals surface area contributed by atoms with Gasteiger partial charge in [-0.2, -0.15) is 15.0 Å². The summed E-state index contributed by atoms with van der Waals surface area (Å²) in [5, 5.41) is 8.73. The zero-order valence-corrected chi connectivity index (χ0v) is 9.50. The van der Waals surface area contributed by atoms with E-state index in [9.17, 15) is 4.79 Å². The molecule has 2 rings (SSSR count). The third kappa shape index (κ3) is 1.80. The van der Waals surface area contributed by atoms with Crippen LogP contribution in [0, 0.1) is 13.8 Å². The first-order valence-electron chi connectivity index (χ1n) is 4.43. The van der Waals surface area contributed by atoms with E-state index in [0.29, 0.717) is 10.6 Å². The van der Waals surface area contributed by atoms with Crippen molar-refractivity contribution in [3.8, 4) is 0 Å². The van der Waals surface area contributed by atoms with Gasteiger partial charge in [-0.15, -0.1) is 11.3 Å². The summed E-state index contributed by atoms with van der Waals surface area (Å²) in [6.07, 6.45) is 1.47. The Hall–Kier alpha value is -1.56. The van der Waals surface area contributed by atoms with Crippen molar-refractivity contribution in [1.82, 2.24) is 20.0 Å². The lowest BCUT2D eigenvalue weighted by Crippen LogP contribution is -2.03. The molecule has 0 atom stereocenters. The summed E-state index contributed by atoms with van der Waals surface area (Å²) in [4.78, 5) is 18.2. The van der Waals surface area contributed by atoms with Gasteiger partial charge in [0.05, 0.1) is 21.8 Å².